The Kier molecular flexibility index (Phi) is 4.66. The van der Waals surface area contributed by atoms with Crippen molar-refractivity contribution in [3.05, 3.63) is 70.8 Å². The third-order valence-corrected chi connectivity index (χ3v) is 6.09. The topological polar surface area (TPSA) is 74.8 Å². The predicted molar refractivity (Wildman–Crippen MR) is 120 cm³/mol. The van der Waals surface area contributed by atoms with Crippen LogP contribution in [0.5, 0.6) is 0 Å². The minimum absolute atomic E-state index is 0.0827. The van der Waals surface area contributed by atoms with Crippen molar-refractivity contribution in [2.75, 3.05) is 6.61 Å². The number of nitrogens with zero attached hydrogens (tertiary/aromatic N) is 5. The third kappa shape index (κ3) is 3.33. The zero-order chi connectivity index (χ0) is 23.4. The molecule has 1 aliphatic heterocycles. The Morgan fingerprint density at radius 2 is 1.82 bits per heavy atom. The van der Waals surface area contributed by atoms with Crippen LogP contribution in [0.3, 0.4) is 0 Å². The number of ether oxygens (including phenoxy) is 1. The number of aromatic nitrogens is 5. The molecule has 1 fully saturated rings. The van der Waals surface area contributed by atoms with Crippen LogP contribution < -0.4 is 5.56 Å². The highest BCUT2D eigenvalue weighted by molar-refractivity contribution is 6.05. The molecule has 2 aromatic carbocycles. The Morgan fingerprint density at radius 3 is 2.56 bits per heavy atom. The zero-order valence-electron chi connectivity index (χ0n) is 17.8. The van der Waals surface area contributed by atoms with Gasteiger partial charge in [-0.2, -0.15) is 13.2 Å². The summed E-state index contributed by atoms with van der Waals surface area (Å²) in [5.74, 6) is 0. The summed E-state index contributed by atoms with van der Waals surface area (Å²) in [6, 6.07) is 12.0. The van der Waals surface area contributed by atoms with E-state index in [1.54, 1.807) is 18.2 Å². The van der Waals surface area contributed by atoms with Crippen molar-refractivity contribution >= 4 is 33.2 Å². The number of halogens is 3. The largest absolute Gasteiger partial charge is 0.416 e. The summed E-state index contributed by atoms with van der Waals surface area (Å²) in [4.78, 5) is 27.4. The first-order valence-corrected chi connectivity index (χ1v) is 10.9. The van der Waals surface area contributed by atoms with Crippen molar-refractivity contribution in [1.82, 2.24) is 24.1 Å². The van der Waals surface area contributed by atoms with Crippen LogP contribution in [0.15, 0.2) is 59.7 Å². The predicted octanol–water partition coefficient (Wildman–Crippen LogP) is 4.48. The van der Waals surface area contributed by atoms with Crippen LogP contribution in [-0.4, -0.2) is 36.8 Å². The molecule has 0 radical (unpaired) electrons. The molecule has 0 N–H and O–H groups in total. The minimum atomic E-state index is -4.52. The molecule has 0 bridgehead atoms. The molecule has 172 valence electrons. The summed E-state index contributed by atoms with van der Waals surface area (Å²) in [5.41, 5.74) is 0.971. The lowest BCUT2D eigenvalue weighted by atomic mass is 10.2. The van der Waals surface area contributed by atoms with E-state index in [1.165, 1.54) is 27.6 Å². The zero-order valence-corrected chi connectivity index (χ0v) is 17.8. The molecular formula is C24H18F3N5O2. The van der Waals surface area contributed by atoms with E-state index < -0.39 is 11.7 Å². The lowest BCUT2D eigenvalue weighted by molar-refractivity contribution is -0.137. The fraction of sp³-hybridized carbons (Fsp3) is 0.250. The molecule has 1 atom stereocenters. The van der Waals surface area contributed by atoms with Gasteiger partial charge in [-0.05, 0) is 43.2 Å². The molecule has 0 amide bonds. The van der Waals surface area contributed by atoms with Crippen LogP contribution in [0.1, 0.15) is 18.4 Å². The van der Waals surface area contributed by atoms with E-state index in [0.717, 1.165) is 25.0 Å². The van der Waals surface area contributed by atoms with Crippen LogP contribution >= 0.6 is 0 Å². The van der Waals surface area contributed by atoms with Crippen LogP contribution in [0, 0.1) is 0 Å². The number of para-hydroxylation sites is 2. The first kappa shape index (κ1) is 20.8. The maximum Gasteiger partial charge on any atom is 0.416 e. The molecule has 1 aliphatic rings. The van der Waals surface area contributed by atoms with Gasteiger partial charge in [0.15, 0.2) is 11.3 Å². The summed E-state index contributed by atoms with van der Waals surface area (Å²) < 4.78 is 48.9. The van der Waals surface area contributed by atoms with Crippen molar-refractivity contribution in [1.29, 1.82) is 0 Å². The molecule has 10 heteroatoms. The maximum atomic E-state index is 13.5. The summed E-state index contributed by atoms with van der Waals surface area (Å²) in [6.07, 6.45) is -1.41. The molecule has 1 saturated heterocycles. The Morgan fingerprint density at radius 1 is 1.03 bits per heavy atom. The SMILES string of the molecule is O=c1c2c3nc4ccccc4nc3n(-c3cccc(C(F)(F)F)c3)c2ncn1CC1CCCO1. The van der Waals surface area contributed by atoms with Crippen molar-refractivity contribution in [2.45, 2.75) is 31.7 Å². The standard InChI is InChI=1S/C24H18F3N5O2/c25-24(26,27)14-5-3-6-15(11-14)32-21-19(20-22(32)30-18-9-2-1-8-17(18)29-20)23(33)31(13-28-21)12-16-7-4-10-34-16/h1-3,5-6,8-9,11,13,16H,4,7,10,12H2. The summed E-state index contributed by atoms with van der Waals surface area (Å²) >= 11 is 0. The maximum absolute atomic E-state index is 13.5. The van der Waals surface area contributed by atoms with Gasteiger partial charge in [-0.25, -0.2) is 15.0 Å². The van der Waals surface area contributed by atoms with Gasteiger partial charge < -0.3 is 4.74 Å². The minimum Gasteiger partial charge on any atom is -0.376 e. The number of hydrogen-bond acceptors (Lipinski definition) is 5. The van der Waals surface area contributed by atoms with Gasteiger partial charge in [0.2, 0.25) is 0 Å². The molecule has 34 heavy (non-hydrogen) atoms. The van der Waals surface area contributed by atoms with Crippen molar-refractivity contribution in [3.63, 3.8) is 0 Å². The number of rotatable bonds is 3. The first-order chi connectivity index (χ1) is 16.4. The average molecular weight is 465 g/mol. The van der Waals surface area contributed by atoms with E-state index in [2.05, 4.69) is 15.0 Å². The van der Waals surface area contributed by atoms with Gasteiger partial charge >= 0.3 is 6.18 Å². The van der Waals surface area contributed by atoms with E-state index in [1.807, 2.05) is 6.07 Å². The van der Waals surface area contributed by atoms with E-state index in [0.29, 0.717) is 29.7 Å². The van der Waals surface area contributed by atoms with Gasteiger partial charge in [0.25, 0.3) is 5.56 Å². The highest BCUT2D eigenvalue weighted by Crippen LogP contribution is 2.33. The second kappa shape index (κ2) is 7.63. The normalized spacial score (nSPS) is 16.7. The third-order valence-electron chi connectivity index (χ3n) is 6.09. The Labute approximate surface area is 190 Å². The van der Waals surface area contributed by atoms with Crippen molar-refractivity contribution in [3.8, 4) is 5.69 Å². The molecule has 5 aromatic rings. The second-order valence-corrected chi connectivity index (χ2v) is 8.30. The average Bonchev–Trinajstić information content (AvgIpc) is 3.45. The van der Waals surface area contributed by atoms with Gasteiger partial charge in [0, 0.05) is 12.3 Å². The molecule has 6 rings (SSSR count). The Bertz CT molecular complexity index is 1620. The van der Waals surface area contributed by atoms with Gasteiger partial charge in [0.1, 0.15) is 17.2 Å². The number of benzene rings is 2. The summed E-state index contributed by atoms with van der Waals surface area (Å²) in [6.45, 7) is 1.00. The lowest BCUT2D eigenvalue weighted by Gasteiger charge is -2.12. The molecule has 3 aromatic heterocycles. The van der Waals surface area contributed by atoms with Gasteiger partial charge in [-0.3, -0.25) is 13.9 Å². The molecule has 7 nitrogen and oxygen atoms in total. The molecule has 4 heterocycles. The van der Waals surface area contributed by atoms with Crippen molar-refractivity contribution < 1.29 is 17.9 Å². The van der Waals surface area contributed by atoms with Gasteiger partial charge in [-0.1, -0.05) is 18.2 Å². The number of fused-ring (bicyclic) bond motifs is 4. The van der Waals surface area contributed by atoms with E-state index in [-0.39, 0.29) is 34.0 Å². The van der Waals surface area contributed by atoms with E-state index in [9.17, 15) is 18.0 Å². The smallest absolute Gasteiger partial charge is 0.376 e. The first-order valence-electron chi connectivity index (χ1n) is 10.9. The van der Waals surface area contributed by atoms with Gasteiger partial charge in [0.05, 0.1) is 29.2 Å². The monoisotopic (exact) mass is 465 g/mol. The summed E-state index contributed by atoms with van der Waals surface area (Å²) in [5, 5.41) is 0.214. The van der Waals surface area contributed by atoms with Gasteiger partial charge in [-0.15, -0.1) is 0 Å². The fourth-order valence-corrected chi connectivity index (χ4v) is 4.48. The fourth-order valence-electron chi connectivity index (χ4n) is 4.48. The van der Waals surface area contributed by atoms with E-state index in [4.69, 9.17) is 4.74 Å². The quantitative estimate of drug-likeness (QED) is 0.393. The lowest BCUT2D eigenvalue weighted by Crippen LogP contribution is -2.26. The Hall–Kier alpha value is -3.79. The summed E-state index contributed by atoms with van der Waals surface area (Å²) in [7, 11) is 0. The second-order valence-electron chi connectivity index (χ2n) is 8.30. The molecule has 0 aliphatic carbocycles. The number of hydrogen-bond donors (Lipinski definition) is 0. The number of alkyl halides is 3. The van der Waals surface area contributed by atoms with Crippen molar-refractivity contribution in [2.24, 2.45) is 0 Å². The molecular weight excluding hydrogens is 447 g/mol. The molecule has 1 unspecified atom stereocenters. The molecule has 0 spiro atoms. The highest BCUT2D eigenvalue weighted by Gasteiger charge is 2.31. The van der Waals surface area contributed by atoms with Crippen LogP contribution in [0.25, 0.3) is 38.9 Å². The Balaban J connectivity index is 1.67. The van der Waals surface area contributed by atoms with E-state index >= 15 is 0 Å². The van der Waals surface area contributed by atoms with Crippen LogP contribution in [0.4, 0.5) is 13.2 Å². The highest BCUT2D eigenvalue weighted by atomic mass is 19.4. The van der Waals surface area contributed by atoms with Crippen LogP contribution in [0.2, 0.25) is 0 Å². The molecule has 0 saturated carbocycles. The van der Waals surface area contributed by atoms with Crippen LogP contribution in [-0.2, 0) is 17.5 Å².